The predicted molar refractivity (Wildman–Crippen MR) is 77.0 cm³/mol. The van der Waals surface area contributed by atoms with Gasteiger partial charge in [-0.1, -0.05) is 13.3 Å². The lowest BCUT2D eigenvalue weighted by Crippen LogP contribution is -2.15. The van der Waals surface area contributed by atoms with Crippen molar-refractivity contribution in [2.75, 3.05) is 6.67 Å². The largest absolute Gasteiger partial charge is 0.296 e. The van der Waals surface area contributed by atoms with Crippen LogP contribution in [-0.2, 0) is 11.2 Å². The van der Waals surface area contributed by atoms with Gasteiger partial charge in [0.05, 0.1) is 0 Å². The van der Waals surface area contributed by atoms with Crippen LogP contribution < -0.4 is 0 Å². The number of alkyl halides is 2. The molecule has 5 heteroatoms. The maximum Gasteiger partial charge on any atom is 0.194 e. The number of aryl methyl sites for hydroxylation is 1. The lowest BCUT2D eigenvalue weighted by atomic mass is 10.0. The molecule has 0 fully saturated rings. The highest BCUT2D eigenvalue weighted by molar-refractivity contribution is 7.10. The summed E-state index contributed by atoms with van der Waals surface area (Å²) in [6, 6.07) is 1.60. The highest BCUT2D eigenvalue weighted by Gasteiger charge is 2.17. The molecule has 0 amide bonds. The number of halogens is 2. The van der Waals surface area contributed by atoms with Gasteiger partial charge in [0.15, 0.2) is 24.4 Å². The van der Waals surface area contributed by atoms with Crippen molar-refractivity contribution in [1.29, 1.82) is 0 Å². The molecule has 20 heavy (non-hydrogen) atoms. The van der Waals surface area contributed by atoms with Crippen LogP contribution in [0.4, 0.5) is 8.78 Å². The fourth-order valence-electron chi connectivity index (χ4n) is 1.97. The molecule has 0 aliphatic carbocycles. The first-order valence-corrected chi connectivity index (χ1v) is 7.80. The minimum Gasteiger partial charge on any atom is -0.296 e. The van der Waals surface area contributed by atoms with Crippen molar-refractivity contribution in [2.24, 2.45) is 0 Å². The molecule has 0 radical (unpaired) electrons. The minimum atomic E-state index is -1.41. The van der Waals surface area contributed by atoms with Gasteiger partial charge in [-0.3, -0.25) is 9.59 Å². The van der Waals surface area contributed by atoms with E-state index in [1.54, 1.807) is 11.4 Å². The molecular formula is C15H20F2O2S. The number of thiophene rings is 1. The van der Waals surface area contributed by atoms with E-state index in [1.165, 1.54) is 11.3 Å². The van der Waals surface area contributed by atoms with Crippen LogP contribution in [0.1, 0.15) is 54.3 Å². The van der Waals surface area contributed by atoms with Gasteiger partial charge in [0.2, 0.25) is 0 Å². The molecule has 112 valence electrons. The molecule has 1 unspecified atom stereocenters. The normalized spacial score (nSPS) is 12.3. The van der Waals surface area contributed by atoms with Crippen LogP contribution in [0.15, 0.2) is 11.4 Å². The maximum atomic E-state index is 13.6. The van der Waals surface area contributed by atoms with Crippen LogP contribution >= 0.6 is 11.3 Å². The Kier molecular flexibility index (Phi) is 7.59. The number of carbonyl (C=O) groups excluding carboxylic acids is 2. The number of carbonyl (C=O) groups is 2. The second kappa shape index (κ2) is 8.95. The molecule has 1 atom stereocenters. The summed E-state index contributed by atoms with van der Waals surface area (Å²) in [5.41, 5.74) is 0.394. The maximum absolute atomic E-state index is 13.6. The SMILES string of the molecule is CCCCC(=O)C(F)CCCc1sccc1C(=O)CF. The summed E-state index contributed by atoms with van der Waals surface area (Å²) in [5.74, 6) is -0.866. The molecule has 0 saturated heterocycles. The smallest absolute Gasteiger partial charge is 0.194 e. The van der Waals surface area contributed by atoms with Crippen LogP contribution in [-0.4, -0.2) is 24.4 Å². The molecule has 0 spiro atoms. The van der Waals surface area contributed by atoms with Gasteiger partial charge in [0, 0.05) is 16.9 Å². The zero-order valence-electron chi connectivity index (χ0n) is 11.7. The van der Waals surface area contributed by atoms with E-state index in [0.29, 0.717) is 24.8 Å². The third-order valence-corrected chi connectivity index (χ3v) is 4.14. The Morgan fingerprint density at radius 1 is 1.35 bits per heavy atom. The van der Waals surface area contributed by atoms with E-state index in [-0.39, 0.29) is 12.2 Å². The molecule has 0 bridgehead atoms. The van der Waals surface area contributed by atoms with E-state index in [2.05, 4.69) is 0 Å². The molecule has 0 aromatic carbocycles. The molecule has 0 aliphatic heterocycles. The minimum absolute atomic E-state index is 0.170. The lowest BCUT2D eigenvalue weighted by molar-refractivity contribution is -0.124. The van der Waals surface area contributed by atoms with Crippen LogP contribution in [0.5, 0.6) is 0 Å². The van der Waals surface area contributed by atoms with Gasteiger partial charge in [-0.15, -0.1) is 11.3 Å². The van der Waals surface area contributed by atoms with Gasteiger partial charge < -0.3 is 0 Å². The molecule has 2 nitrogen and oxygen atoms in total. The molecule has 1 aromatic heterocycles. The van der Waals surface area contributed by atoms with Crippen LogP contribution in [0.3, 0.4) is 0 Å². The van der Waals surface area contributed by atoms with Crippen molar-refractivity contribution in [3.63, 3.8) is 0 Å². The monoisotopic (exact) mass is 302 g/mol. The molecular weight excluding hydrogens is 282 g/mol. The topological polar surface area (TPSA) is 34.1 Å². The highest BCUT2D eigenvalue weighted by atomic mass is 32.1. The van der Waals surface area contributed by atoms with Crippen LogP contribution in [0.25, 0.3) is 0 Å². The summed E-state index contributed by atoms with van der Waals surface area (Å²) in [7, 11) is 0. The average molecular weight is 302 g/mol. The highest BCUT2D eigenvalue weighted by Crippen LogP contribution is 2.21. The third-order valence-electron chi connectivity index (χ3n) is 3.15. The summed E-state index contributed by atoms with van der Waals surface area (Å²) in [6.07, 6.45) is 1.65. The van der Waals surface area contributed by atoms with Gasteiger partial charge in [0.1, 0.15) is 0 Å². The lowest BCUT2D eigenvalue weighted by Gasteiger charge is -2.07. The summed E-state index contributed by atoms with van der Waals surface area (Å²) in [6.45, 7) is 0.950. The summed E-state index contributed by atoms with van der Waals surface area (Å²) < 4.78 is 26.0. The number of Topliss-reactive ketones (excluding diaryl/α,β-unsaturated/α-hetero) is 2. The van der Waals surface area contributed by atoms with Gasteiger partial charge in [-0.25, -0.2) is 8.78 Å². The Hall–Kier alpha value is -1.10. The average Bonchev–Trinajstić information content (AvgIpc) is 2.92. The molecule has 1 rings (SSSR count). The summed E-state index contributed by atoms with van der Waals surface area (Å²) in [4.78, 5) is 23.5. The first-order valence-electron chi connectivity index (χ1n) is 6.92. The van der Waals surface area contributed by atoms with Crippen LogP contribution in [0, 0.1) is 0 Å². The standard InChI is InChI=1S/C15H20F2O2S/c1-2-3-6-13(18)12(17)5-4-7-15-11(8-9-20-15)14(19)10-16/h8-9,12H,2-7,10H2,1H3. The Morgan fingerprint density at radius 3 is 2.75 bits per heavy atom. The van der Waals surface area contributed by atoms with Crippen molar-refractivity contribution < 1.29 is 18.4 Å². The Balaban J connectivity index is 2.39. The van der Waals surface area contributed by atoms with Crippen LogP contribution in [0.2, 0.25) is 0 Å². The van der Waals surface area contributed by atoms with Crippen molar-refractivity contribution >= 4 is 22.9 Å². The first kappa shape index (κ1) is 17.0. The van der Waals surface area contributed by atoms with Crippen molar-refractivity contribution in [3.05, 3.63) is 21.9 Å². The number of hydrogen-bond donors (Lipinski definition) is 0. The quantitative estimate of drug-likeness (QED) is 0.603. The van der Waals surface area contributed by atoms with Crippen molar-refractivity contribution in [3.8, 4) is 0 Å². The molecule has 0 saturated carbocycles. The van der Waals surface area contributed by atoms with E-state index in [1.807, 2.05) is 6.92 Å². The summed E-state index contributed by atoms with van der Waals surface area (Å²) >= 11 is 1.37. The van der Waals surface area contributed by atoms with E-state index in [4.69, 9.17) is 0 Å². The number of rotatable bonds is 10. The number of ketones is 2. The molecule has 0 N–H and O–H groups in total. The fourth-order valence-corrected chi connectivity index (χ4v) is 2.90. The van der Waals surface area contributed by atoms with Crippen molar-refractivity contribution in [1.82, 2.24) is 0 Å². The van der Waals surface area contributed by atoms with Gasteiger partial charge in [-0.2, -0.15) is 0 Å². The van der Waals surface area contributed by atoms with E-state index in [9.17, 15) is 18.4 Å². The van der Waals surface area contributed by atoms with E-state index >= 15 is 0 Å². The fraction of sp³-hybridized carbons (Fsp3) is 0.600. The third kappa shape index (κ3) is 5.12. The van der Waals surface area contributed by atoms with Gasteiger partial charge >= 0.3 is 0 Å². The molecule has 1 heterocycles. The Bertz CT molecular complexity index is 443. The predicted octanol–water partition coefficient (Wildman–Crippen LogP) is 4.32. The van der Waals surface area contributed by atoms with Gasteiger partial charge in [-0.05, 0) is 37.1 Å². The second-order valence-electron chi connectivity index (χ2n) is 4.74. The first-order chi connectivity index (χ1) is 9.60. The van der Waals surface area contributed by atoms with Crippen molar-refractivity contribution in [2.45, 2.75) is 51.6 Å². The number of unbranched alkanes of at least 4 members (excludes halogenated alkanes) is 1. The van der Waals surface area contributed by atoms with Gasteiger partial charge in [0.25, 0.3) is 0 Å². The molecule has 0 aliphatic rings. The zero-order valence-corrected chi connectivity index (χ0v) is 12.5. The van der Waals surface area contributed by atoms with E-state index < -0.39 is 18.6 Å². The zero-order chi connectivity index (χ0) is 15.0. The second-order valence-corrected chi connectivity index (χ2v) is 5.74. The molecule has 1 aromatic rings. The number of hydrogen-bond acceptors (Lipinski definition) is 3. The summed E-state index contributed by atoms with van der Waals surface area (Å²) in [5, 5.41) is 1.73. The Labute approximate surface area is 122 Å². The van der Waals surface area contributed by atoms with E-state index in [0.717, 1.165) is 17.7 Å². The Morgan fingerprint density at radius 2 is 2.10 bits per heavy atom.